The minimum Gasteiger partial charge on any atom is -0.497 e. The van der Waals surface area contributed by atoms with Crippen LogP contribution in [0.4, 0.5) is 5.69 Å². The number of benzene rings is 3. The molecule has 1 amide bonds. The maximum absolute atomic E-state index is 14.9. The van der Waals surface area contributed by atoms with E-state index < -0.39 is 23.4 Å². The lowest BCUT2D eigenvalue weighted by atomic mass is 9.62. The molecule has 8 nitrogen and oxygen atoms in total. The van der Waals surface area contributed by atoms with E-state index in [4.69, 9.17) is 9.47 Å². The van der Waals surface area contributed by atoms with Crippen LogP contribution in [-0.4, -0.2) is 47.6 Å². The van der Waals surface area contributed by atoms with Gasteiger partial charge in [0.15, 0.2) is 11.6 Å². The van der Waals surface area contributed by atoms with Crippen molar-refractivity contribution in [1.82, 2.24) is 9.88 Å². The normalized spacial score (nSPS) is 23.1. The Morgan fingerprint density at radius 2 is 1.74 bits per heavy atom. The van der Waals surface area contributed by atoms with Crippen molar-refractivity contribution in [3.63, 3.8) is 0 Å². The number of pyridine rings is 1. The largest absolute Gasteiger partial charge is 0.497 e. The average molecular weight is 558 g/mol. The number of nitrogens with zero attached hydrogens (tertiary/aromatic N) is 2. The zero-order valence-corrected chi connectivity index (χ0v) is 23.0. The number of methoxy groups -OCH3 is 2. The summed E-state index contributed by atoms with van der Waals surface area (Å²) >= 11 is 0. The minimum absolute atomic E-state index is 0.264. The molecule has 208 valence electrons. The highest BCUT2D eigenvalue weighted by atomic mass is 16.5. The first-order valence-electron chi connectivity index (χ1n) is 13.7. The highest BCUT2D eigenvalue weighted by molar-refractivity contribution is 6.17. The summed E-state index contributed by atoms with van der Waals surface area (Å²) in [5, 5.41) is 3.06. The first kappa shape index (κ1) is 25.7. The molecule has 1 aromatic heterocycles. The van der Waals surface area contributed by atoms with Gasteiger partial charge in [-0.05, 0) is 59.2 Å². The Labute approximate surface area is 242 Å². The molecule has 3 aliphatic heterocycles. The predicted molar refractivity (Wildman–Crippen MR) is 157 cm³/mol. The predicted octanol–water partition coefficient (Wildman–Crippen LogP) is 5.08. The van der Waals surface area contributed by atoms with Gasteiger partial charge in [-0.3, -0.25) is 19.4 Å². The Balaban J connectivity index is 1.54. The van der Waals surface area contributed by atoms with Crippen LogP contribution in [0.1, 0.15) is 43.4 Å². The van der Waals surface area contributed by atoms with Crippen LogP contribution in [0.25, 0.3) is 6.08 Å². The van der Waals surface area contributed by atoms with Crippen LogP contribution in [0.15, 0.2) is 97.5 Å². The van der Waals surface area contributed by atoms with Crippen LogP contribution in [0.3, 0.4) is 0 Å². The quantitative estimate of drug-likeness (QED) is 0.330. The molecule has 1 N–H and O–H groups in total. The van der Waals surface area contributed by atoms with Crippen LogP contribution >= 0.6 is 0 Å². The number of Topliss-reactive ketones (excluding diaryl/α,β-unsaturated/α-hetero) is 2. The third-order valence-corrected chi connectivity index (χ3v) is 8.74. The maximum Gasteiger partial charge on any atom is 0.238 e. The van der Waals surface area contributed by atoms with Gasteiger partial charge in [0, 0.05) is 29.8 Å². The molecule has 1 fully saturated rings. The smallest absolute Gasteiger partial charge is 0.238 e. The van der Waals surface area contributed by atoms with Gasteiger partial charge >= 0.3 is 0 Å². The fourth-order valence-electron chi connectivity index (χ4n) is 7.02. The van der Waals surface area contributed by atoms with Crippen molar-refractivity contribution in [1.29, 1.82) is 0 Å². The molecule has 0 saturated carbocycles. The number of anilines is 1. The molecular formula is C34H27N3O5. The van der Waals surface area contributed by atoms with Gasteiger partial charge in [0.05, 0.1) is 31.7 Å². The van der Waals surface area contributed by atoms with Crippen molar-refractivity contribution in [3.8, 4) is 11.5 Å². The van der Waals surface area contributed by atoms with Crippen molar-refractivity contribution < 1.29 is 23.9 Å². The molecule has 3 aromatic carbocycles. The Morgan fingerprint density at radius 1 is 0.929 bits per heavy atom. The van der Waals surface area contributed by atoms with Gasteiger partial charge in [0.2, 0.25) is 5.91 Å². The van der Waals surface area contributed by atoms with Gasteiger partial charge in [0.1, 0.15) is 23.0 Å². The number of hydrogen-bond acceptors (Lipinski definition) is 7. The summed E-state index contributed by atoms with van der Waals surface area (Å²) in [5.41, 5.74) is 2.28. The number of fused-ring (bicyclic) bond motifs is 6. The van der Waals surface area contributed by atoms with E-state index in [0.717, 1.165) is 11.1 Å². The number of nitrogens with one attached hydrogen (secondary N) is 1. The van der Waals surface area contributed by atoms with Gasteiger partial charge in [-0.1, -0.05) is 42.5 Å². The number of carbonyl (C=O) groups is 3. The topological polar surface area (TPSA) is 97.8 Å². The highest BCUT2D eigenvalue weighted by Gasteiger charge is 2.70. The number of rotatable bonds is 6. The van der Waals surface area contributed by atoms with Crippen LogP contribution in [0, 0.1) is 5.92 Å². The Kier molecular flexibility index (Phi) is 5.93. The number of amides is 1. The molecule has 8 heteroatoms. The molecule has 4 atom stereocenters. The second-order valence-electron chi connectivity index (χ2n) is 10.6. The molecule has 0 unspecified atom stereocenters. The van der Waals surface area contributed by atoms with Crippen LogP contribution in [0.5, 0.6) is 11.5 Å². The van der Waals surface area contributed by atoms with Gasteiger partial charge in [-0.25, -0.2) is 0 Å². The third kappa shape index (κ3) is 3.48. The van der Waals surface area contributed by atoms with Gasteiger partial charge < -0.3 is 19.7 Å². The van der Waals surface area contributed by atoms with Crippen LogP contribution in [0.2, 0.25) is 0 Å². The number of ketones is 2. The number of hydrogen-bond donors (Lipinski definition) is 1. The van der Waals surface area contributed by atoms with Crippen molar-refractivity contribution >= 4 is 29.2 Å². The summed E-state index contributed by atoms with van der Waals surface area (Å²) in [4.78, 5) is 50.2. The fourth-order valence-corrected chi connectivity index (χ4v) is 7.02. The lowest BCUT2D eigenvalue weighted by Gasteiger charge is -2.38. The average Bonchev–Trinajstić information content (AvgIpc) is 3.52. The molecule has 0 aliphatic carbocycles. The van der Waals surface area contributed by atoms with E-state index in [1.165, 1.54) is 20.4 Å². The van der Waals surface area contributed by atoms with Crippen LogP contribution < -0.4 is 14.8 Å². The summed E-state index contributed by atoms with van der Waals surface area (Å²) in [5.74, 6) is -1.29. The minimum atomic E-state index is -1.42. The Hall–Kier alpha value is -5.24. The number of ether oxygens (including phenoxy) is 2. The lowest BCUT2D eigenvalue weighted by molar-refractivity contribution is -0.122. The zero-order valence-electron chi connectivity index (χ0n) is 23.0. The Morgan fingerprint density at radius 3 is 2.52 bits per heavy atom. The first-order chi connectivity index (χ1) is 20.5. The van der Waals surface area contributed by atoms with Gasteiger partial charge in [-0.2, -0.15) is 0 Å². The van der Waals surface area contributed by atoms with Crippen molar-refractivity contribution in [2.75, 3.05) is 19.5 Å². The van der Waals surface area contributed by atoms with Crippen molar-refractivity contribution in [3.05, 3.63) is 125 Å². The number of para-hydroxylation sites is 1. The van der Waals surface area contributed by atoms with Crippen molar-refractivity contribution in [2.45, 2.75) is 17.5 Å². The first-order valence-corrected chi connectivity index (χ1v) is 13.7. The van der Waals surface area contributed by atoms with E-state index in [1.807, 2.05) is 65.7 Å². The molecule has 4 heterocycles. The zero-order chi connectivity index (χ0) is 29.0. The summed E-state index contributed by atoms with van der Waals surface area (Å²) < 4.78 is 11.1. The fraction of sp³-hybridized carbons (Fsp3) is 0.176. The Bertz CT molecular complexity index is 1790. The molecule has 3 aliphatic rings. The van der Waals surface area contributed by atoms with E-state index in [2.05, 4.69) is 10.3 Å². The molecule has 0 radical (unpaired) electrons. The van der Waals surface area contributed by atoms with E-state index in [-0.39, 0.29) is 23.0 Å². The third-order valence-electron chi connectivity index (χ3n) is 8.74. The summed E-state index contributed by atoms with van der Waals surface area (Å²) in [7, 11) is 3.02. The summed E-state index contributed by atoms with van der Waals surface area (Å²) in [6.07, 6.45) is 6.85. The maximum atomic E-state index is 14.9. The van der Waals surface area contributed by atoms with E-state index in [1.54, 1.807) is 36.5 Å². The highest BCUT2D eigenvalue weighted by Crippen LogP contribution is 2.62. The van der Waals surface area contributed by atoms with E-state index in [0.29, 0.717) is 28.3 Å². The summed E-state index contributed by atoms with van der Waals surface area (Å²) in [6, 6.07) is 21.9. The molecule has 1 saturated heterocycles. The lowest BCUT2D eigenvalue weighted by Crippen LogP contribution is -2.49. The molecule has 1 spiro atoms. The SMILES string of the molecule is COc1ccc(OC)c(C(=O)[C@@H]2[C@H](C(=O)c3cccnc3)[C@@]3(C(=O)Nc4ccccc43)[C@H]3c4ccccc4C=CN23)c1. The van der Waals surface area contributed by atoms with Crippen molar-refractivity contribution in [2.24, 2.45) is 5.92 Å². The van der Waals surface area contributed by atoms with E-state index in [9.17, 15) is 14.4 Å². The molecule has 4 aromatic rings. The van der Waals surface area contributed by atoms with E-state index >= 15 is 0 Å². The molecular weight excluding hydrogens is 530 g/mol. The summed E-state index contributed by atoms with van der Waals surface area (Å²) in [6.45, 7) is 0. The molecule has 0 bridgehead atoms. The number of carbonyl (C=O) groups excluding carboxylic acids is 3. The monoisotopic (exact) mass is 557 g/mol. The second-order valence-corrected chi connectivity index (χ2v) is 10.6. The molecule has 42 heavy (non-hydrogen) atoms. The molecule has 7 rings (SSSR count). The van der Waals surface area contributed by atoms with Crippen LogP contribution in [-0.2, 0) is 10.2 Å². The standard InChI is InChI=1S/C34H27N3O5/c1-41-22-13-14-27(42-2)24(18-22)31(39)29-28(30(38)21-9-7-16-35-19-21)34(25-11-5-6-12-26(25)36-33(34)40)32-23-10-4-3-8-20(23)15-17-37(29)32/h3-19,28-29,32H,1-2H3,(H,36,40)/t28-,29+,32-,34-/m1/s1. The second kappa shape index (κ2) is 9.69. The van der Waals surface area contributed by atoms with Gasteiger partial charge in [-0.15, -0.1) is 0 Å². The van der Waals surface area contributed by atoms with Gasteiger partial charge in [0.25, 0.3) is 0 Å². The number of aromatic nitrogens is 1.